The summed E-state index contributed by atoms with van der Waals surface area (Å²) in [6, 6.07) is 3.96. The van der Waals surface area contributed by atoms with Gasteiger partial charge in [0.15, 0.2) is 0 Å². The van der Waals surface area contributed by atoms with Gasteiger partial charge < -0.3 is 10.1 Å². The van der Waals surface area contributed by atoms with Gasteiger partial charge in [0.1, 0.15) is 0 Å². The van der Waals surface area contributed by atoms with Gasteiger partial charge in [0.05, 0.1) is 12.3 Å². The summed E-state index contributed by atoms with van der Waals surface area (Å²) in [6.07, 6.45) is 9.67. The van der Waals surface area contributed by atoms with Crippen molar-refractivity contribution in [1.29, 1.82) is 0 Å². The molecule has 0 aliphatic rings. The molecule has 3 nitrogen and oxygen atoms in total. The lowest BCUT2D eigenvalue weighted by Crippen LogP contribution is -2.05. The van der Waals surface area contributed by atoms with Gasteiger partial charge in [-0.25, -0.2) is 4.98 Å². The van der Waals surface area contributed by atoms with Crippen molar-refractivity contribution in [2.75, 3.05) is 18.5 Å². The second-order valence-corrected chi connectivity index (χ2v) is 4.48. The molecule has 0 saturated carbocycles. The lowest BCUT2D eigenvalue weighted by atomic mass is 10.1. The largest absolute Gasteiger partial charge is 0.476 e. The summed E-state index contributed by atoms with van der Waals surface area (Å²) in [7, 11) is 0. The first-order valence-corrected chi connectivity index (χ1v) is 7.20. The molecule has 0 bridgehead atoms. The zero-order chi connectivity index (χ0) is 13.1. The average Bonchev–Trinajstić information content (AvgIpc) is 2.40. The molecule has 1 N–H and O–H groups in total. The first kappa shape index (κ1) is 14.8. The van der Waals surface area contributed by atoms with Gasteiger partial charge in [-0.05, 0) is 25.5 Å². The Bertz CT molecular complexity index is 315. The van der Waals surface area contributed by atoms with E-state index in [4.69, 9.17) is 4.74 Å². The number of aromatic nitrogens is 1. The minimum absolute atomic E-state index is 0.655. The summed E-state index contributed by atoms with van der Waals surface area (Å²) < 4.78 is 5.47. The van der Waals surface area contributed by atoms with Crippen molar-refractivity contribution >= 4 is 5.69 Å². The van der Waals surface area contributed by atoms with Gasteiger partial charge in [0.2, 0.25) is 5.88 Å². The Morgan fingerprint density at radius 2 is 1.89 bits per heavy atom. The van der Waals surface area contributed by atoms with Crippen LogP contribution in [0.2, 0.25) is 0 Å². The zero-order valence-corrected chi connectivity index (χ0v) is 11.7. The molecule has 0 fully saturated rings. The van der Waals surface area contributed by atoms with Crippen LogP contribution in [0.3, 0.4) is 0 Å². The smallest absolute Gasteiger partial charge is 0.237 e. The van der Waals surface area contributed by atoms with Crippen LogP contribution in [-0.4, -0.2) is 18.1 Å². The zero-order valence-electron chi connectivity index (χ0n) is 11.7. The molecule has 0 atom stereocenters. The molecule has 0 spiro atoms. The van der Waals surface area contributed by atoms with E-state index in [1.165, 1.54) is 38.5 Å². The van der Waals surface area contributed by atoms with Crippen molar-refractivity contribution < 1.29 is 4.74 Å². The highest BCUT2D eigenvalue weighted by Gasteiger charge is 2.02. The Labute approximate surface area is 111 Å². The van der Waals surface area contributed by atoms with Crippen molar-refractivity contribution in [3.05, 3.63) is 18.3 Å². The molecule has 1 heterocycles. The molecule has 0 amide bonds. The fourth-order valence-electron chi connectivity index (χ4n) is 1.91. The van der Waals surface area contributed by atoms with E-state index in [9.17, 15) is 0 Å². The normalized spacial score (nSPS) is 10.3. The molecule has 1 aromatic heterocycles. The van der Waals surface area contributed by atoms with E-state index >= 15 is 0 Å². The third-order valence-corrected chi connectivity index (χ3v) is 2.90. The number of pyridine rings is 1. The predicted molar refractivity (Wildman–Crippen MR) is 77.3 cm³/mol. The van der Waals surface area contributed by atoms with Gasteiger partial charge in [-0.2, -0.15) is 0 Å². The predicted octanol–water partition coefficient (Wildman–Crippen LogP) is 4.25. The summed E-state index contributed by atoms with van der Waals surface area (Å²) in [5, 5.41) is 3.40. The summed E-state index contributed by atoms with van der Waals surface area (Å²) in [6.45, 7) is 5.88. The Morgan fingerprint density at radius 1 is 1.11 bits per heavy atom. The van der Waals surface area contributed by atoms with Crippen LogP contribution in [0.15, 0.2) is 18.3 Å². The second-order valence-electron chi connectivity index (χ2n) is 4.48. The van der Waals surface area contributed by atoms with Crippen molar-refractivity contribution in [3.63, 3.8) is 0 Å². The number of rotatable bonds is 10. The number of ether oxygens (including phenoxy) is 1. The minimum Gasteiger partial charge on any atom is -0.476 e. The van der Waals surface area contributed by atoms with Crippen LogP contribution in [0.4, 0.5) is 5.69 Å². The van der Waals surface area contributed by atoms with Crippen molar-refractivity contribution in [2.24, 2.45) is 0 Å². The first-order chi connectivity index (χ1) is 8.88. The topological polar surface area (TPSA) is 34.2 Å². The number of unbranched alkanes of at least 4 members (excludes halogenated alkanes) is 5. The van der Waals surface area contributed by atoms with Crippen molar-refractivity contribution in [1.82, 2.24) is 4.98 Å². The summed E-state index contributed by atoms with van der Waals surface area (Å²) in [5.74, 6) is 0.714. The monoisotopic (exact) mass is 250 g/mol. The quantitative estimate of drug-likeness (QED) is 0.630. The maximum Gasteiger partial charge on any atom is 0.237 e. The second kappa shape index (κ2) is 9.75. The fraction of sp³-hybridized carbons (Fsp3) is 0.667. The van der Waals surface area contributed by atoms with E-state index in [1.54, 1.807) is 6.20 Å². The average molecular weight is 250 g/mol. The molecule has 0 radical (unpaired) electrons. The Hall–Kier alpha value is -1.25. The molecule has 0 aliphatic carbocycles. The Balaban J connectivity index is 2.18. The first-order valence-electron chi connectivity index (χ1n) is 7.20. The van der Waals surface area contributed by atoms with E-state index in [0.29, 0.717) is 12.5 Å². The molecule has 0 unspecified atom stereocenters. The van der Waals surface area contributed by atoms with Gasteiger partial charge in [0.25, 0.3) is 0 Å². The molecule has 0 aliphatic heterocycles. The molecule has 3 heteroatoms. The lowest BCUT2D eigenvalue weighted by molar-refractivity contribution is 0.328. The summed E-state index contributed by atoms with van der Waals surface area (Å²) in [5.41, 5.74) is 1.01. The highest BCUT2D eigenvalue weighted by molar-refractivity contribution is 5.51. The van der Waals surface area contributed by atoms with E-state index in [1.807, 2.05) is 19.1 Å². The molecule has 0 aromatic carbocycles. The summed E-state index contributed by atoms with van der Waals surface area (Å²) >= 11 is 0. The van der Waals surface area contributed by atoms with Crippen LogP contribution >= 0.6 is 0 Å². The highest BCUT2D eigenvalue weighted by Crippen LogP contribution is 2.20. The Kier molecular flexibility index (Phi) is 8.02. The number of anilines is 1. The Morgan fingerprint density at radius 3 is 2.67 bits per heavy atom. The van der Waals surface area contributed by atoms with Gasteiger partial charge in [0, 0.05) is 12.7 Å². The highest BCUT2D eigenvalue weighted by atomic mass is 16.5. The number of hydrogen-bond acceptors (Lipinski definition) is 3. The van der Waals surface area contributed by atoms with E-state index in [0.717, 1.165) is 12.2 Å². The standard InChI is InChI=1S/C15H26N2O/c1-3-5-6-7-8-9-12-16-14-11-10-13-17-15(14)18-4-2/h10-11,13,16H,3-9,12H2,1-2H3. The third-order valence-electron chi connectivity index (χ3n) is 2.90. The summed E-state index contributed by atoms with van der Waals surface area (Å²) in [4.78, 5) is 4.22. The molecule has 1 rings (SSSR count). The number of nitrogens with one attached hydrogen (secondary N) is 1. The molecular weight excluding hydrogens is 224 g/mol. The lowest BCUT2D eigenvalue weighted by Gasteiger charge is -2.10. The SMILES string of the molecule is CCCCCCCCNc1cccnc1OCC. The maximum absolute atomic E-state index is 5.47. The van der Waals surface area contributed by atoms with Crippen molar-refractivity contribution in [2.45, 2.75) is 52.4 Å². The number of nitrogens with zero attached hydrogens (tertiary/aromatic N) is 1. The van der Waals surface area contributed by atoms with Crippen molar-refractivity contribution in [3.8, 4) is 5.88 Å². The van der Waals surface area contributed by atoms with Gasteiger partial charge in [-0.1, -0.05) is 39.0 Å². The molecule has 1 aromatic rings. The van der Waals surface area contributed by atoms with Gasteiger partial charge in [-0.3, -0.25) is 0 Å². The van der Waals surface area contributed by atoms with Gasteiger partial charge in [-0.15, -0.1) is 0 Å². The van der Waals surface area contributed by atoms with E-state index in [-0.39, 0.29) is 0 Å². The number of hydrogen-bond donors (Lipinski definition) is 1. The van der Waals surface area contributed by atoms with Crippen LogP contribution < -0.4 is 10.1 Å². The molecule has 102 valence electrons. The van der Waals surface area contributed by atoms with Crippen LogP contribution in [0.5, 0.6) is 5.88 Å². The maximum atomic E-state index is 5.47. The van der Waals surface area contributed by atoms with Crippen LogP contribution in [0.25, 0.3) is 0 Å². The van der Waals surface area contributed by atoms with Gasteiger partial charge >= 0.3 is 0 Å². The van der Waals surface area contributed by atoms with Crippen LogP contribution in [0, 0.1) is 0 Å². The van der Waals surface area contributed by atoms with Crippen LogP contribution in [0.1, 0.15) is 52.4 Å². The molecule has 0 saturated heterocycles. The minimum atomic E-state index is 0.655. The van der Waals surface area contributed by atoms with E-state index < -0.39 is 0 Å². The van der Waals surface area contributed by atoms with E-state index in [2.05, 4.69) is 17.2 Å². The third kappa shape index (κ3) is 5.89. The molecule has 18 heavy (non-hydrogen) atoms. The molecular formula is C15H26N2O. The van der Waals surface area contributed by atoms with Crippen LogP contribution in [-0.2, 0) is 0 Å². The fourth-order valence-corrected chi connectivity index (χ4v) is 1.91.